The van der Waals surface area contributed by atoms with Gasteiger partial charge in [0.15, 0.2) is 0 Å². The molecule has 2 N–H and O–H groups in total. The topological polar surface area (TPSA) is 50.4 Å². The first-order valence-corrected chi connectivity index (χ1v) is 5.45. The Labute approximate surface area is 84.4 Å². The largest absolute Gasteiger partial charge is 0.379 e. The molecule has 1 amide bonds. The maximum atomic E-state index is 11.7. The number of piperidine rings is 1. The maximum absolute atomic E-state index is 11.7. The van der Waals surface area contributed by atoms with Crippen molar-refractivity contribution in [3.05, 3.63) is 0 Å². The van der Waals surface area contributed by atoms with Crippen LogP contribution in [0.3, 0.4) is 0 Å². The number of rotatable bonds is 2. The smallest absolute Gasteiger partial charge is 0.224 e. The molecule has 0 aliphatic carbocycles. The van der Waals surface area contributed by atoms with E-state index in [-0.39, 0.29) is 17.9 Å². The summed E-state index contributed by atoms with van der Waals surface area (Å²) in [6.45, 7) is 3.36. The average Bonchev–Trinajstić information content (AvgIpc) is 2.72. The highest BCUT2D eigenvalue weighted by atomic mass is 16.5. The van der Waals surface area contributed by atoms with Gasteiger partial charge in [-0.2, -0.15) is 0 Å². The molecule has 80 valence electrons. The predicted molar refractivity (Wildman–Crippen MR) is 53.0 cm³/mol. The van der Waals surface area contributed by atoms with E-state index in [0.29, 0.717) is 6.61 Å². The van der Waals surface area contributed by atoms with Crippen molar-refractivity contribution in [1.29, 1.82) is 0 Å². The van der Waals surface area contributed by atoms with Crippen LogP contribution in [-0.4, -0.2) is 38.3 Å². The highest BCUT2D eigenvalue weighted by Crippen LogP contribution is 2.11. The number of carbonyl (C=O) groups excluding carboxylic acids is 1. The lowest BCUT2D eigenvalue weighted by atomic mass is 9.98. The van der Waals surface area contributed by atoms with Crippen LogP contribution in [-0.2, 0) is 9.53 Å². The maximum Gasteiger partial charge on any atom is 0.224 e. The van der Waals surface area contributed by atoms with Gasteiger partial charge in [-0.15, -0.1) is 0 Å². The molecule has 0 aromatic rings. The van der Waals surface area contributed by atoms with Crippen molar-refractivity contribution >= 4 is 5.91 Å². The molecule has 2 aliphatic heterocycles. The van der Waals surface area contributed by atoms with Gasteiger partial charge in [-0.3, -0.25) is 4.79 Å². The molecule has 0 radical (unpaired) electrons. The van der Waals surface area contributed by atoms with E-state index in [1.54, 1.807) is 0 Å². The SMILES string of the molecule is O=C(NC1CCOC1)[C@H]1CCCNC1. The number of ether oxygens (including phenoxy) is 1. The van der Waals surface area contributed by atoms with Crippen molar-refractivity contribution in [3.63, 3.8) is 0 Å². The zero-order chi connectivity index (χ0) is 9.80. The normalized spacial score (nSPS) is 32.9. The first kappa shape index (κ1) is 9.93. The van der Waals surface area contributed by atoms with Gasteiger partial charge in [0.1, 0.15) is 0 Å². The fraction of sp³-hybridized carbons (Fsp3) is 0.900. The van der Waals surface area contributed by atoms with Crippen LogP contribution in [0.5, 0.6) is 0 Å². The fourth-order valence-corrected chi connectivity index (χ4v) is 2.04. The summed E-state index contributed by atoms with van der Waals surface area (Å²) in [6.07, 6.45) is 3.09. The summed E-state index contributed by atoms with van der Waals surface area (Å²) in [5, 5.41) is 6.29. The lowest BCUT2D eigenvalue weighted by Crippen LogP contribution is -2.44. The number of amides is 1. The molecule has 14 heavy (non-hydrogen) atoms. The molecule has 0 spiro atoms. The Balaban J connectivity index is 1.75. The van der Waals surface area contributed by atoms with E-state index >= 15 is 0 Å². The lowest BCUT2D eigenvalue weighted by Gasteiger charge is -2.23. The van der Waals surface area contributed by atoms with Gasteiger partial charge in [-0.25, -0.2) is 0 Å². The van der Waals surface area contributed by atoms with Gasteiger partial charge in [0.25, 0.3) is 0 Å². The van der Waals surface area contributed by atoms with Gasteiger partial charge in [-0.1, -0.05) is 0 Å². The van der Waals surface area contributed by atoms with Gasteiger partial charge in [-0.05, 0) is 25.8 Å². The molecule has 0 bridgehead atoms. The molecule has 2 saturated heterocycles. The second-order valence-electron chi connectivity index (χ2n) is 4.11. The summed E-state index contributed by atoms with van der Waals surface area (Å²) < 4.78 is 5.21. The van der Waals surface area contributed by atoms with Crippen molar-refractivity contribution in [2.24, 2.45) is 5.92 Å². The molecule has 4 nitrogen and oxygen atoms in total. The van der Waals surface area contributed by atoms with Crippen LogP contribution < -0.4 is 10.6 Å². The third kappa shape index (κ3) is 2.45. The first-order valence-electron chi connectivity index (χ1n) is 5.45. The third-order valence-corrected chi connectivity index (χ3v) is 2.94. The van der Waals surface area contributed by atoms with E-state index < -0.39 is 0 Å². The quantitative estimate of drug-likeness (QED) is 0.651. The van der Waals surface area contributed by atoms with Crippen LogP contribution in [0.2, 0.25) is 0 Å². The first-order chi connectivity index (χ1) is 6.86. The van der Waals surface area contributed by atoms with E-state index in [2.05, 4.69) is 10.6 Å². The molecule has 1 unspecified atom stereocenters. The van der Waals surface area contributed by atoms with E-state index in [9.17, 15) is 4.79 Å². The van der Waals surface area contributed by atoms with Crippen LogP contribution in [0.1, 0.15) is 19.3 Å². The molecular weight excluding hydrogens is 180 g/mol. The minimum Gasteiger partial charge on any atom is -0.379 e. The zero-order valence-corrected chi connectivity index (χ0v) is 8.42. The minimum atomic E-state index is 0.171. The van der Waals surface area contributed by atoms with Gasteiger partial charge in [0.2, 0.25) is 5.91 Å². The molecule has 4 heteroatoms. The summed E-state index contributed by atoms with van der Waals surface area (Å²) in [5.74, 6) is 0.372. The summed E-state index contributed by atoms with van der Waals surface area (Å²) in [7, 11) is 0. The van der Waals surface area contributed by atoms with Gasteiger partial charge in [0, 0.05) is 13.2 Å². The minimum absolute atomic E-state index is 0.171. The lowest BCUT2D eigenvalue weighted by molar-refractivity contribution is -0.126. The molecule has 0 aromatic heterocycles. The Bertz CT molecular complexity index is 196. The highest BCUT2D eigenvalue weighted by molar-refractivity contribution is 5.79. The fourth-order valence-electron chi connectivity index (χ4n) is 2.04. The predicted octanol–water partition coefficient (Wildman–Crippen LogP) is -0.109. The number of hydrogen-bond donors (Lipinski definition) is 2. The van der Waals surface area contributed by atoms with Crippen LogP contribution in [0, 0.1) is 5.92 Å². The molecule has 2 aliphatic rings. The van der Waals surface area contributed by atoms with Crippen molar-refractivity contribution in [2.75, 3.05) is 26.3 Å². The standard InChI is InChI=1S/C10H18N2O2/c13-10(8-2-1-4-11-6-8)12-9-3-5-14-7-9/h8-9,11H,1-7H2,(H,12,13)/t8-,9?/m0/s1. The Kier molecular flexibility index (Phi) is 3.37. The summed E-state index contributed by atoms with van der Waals surface area (Å²) >= 11 is 0. The molecule has 2 atom stereocenters. The van der Waals surface area contributed by atoms with Crippen LogP contribution in [0.15, 0.2) is 0 Å². The molecule has 2 fully saturated rings. The number of hydrogen-bond acceptors (Lipinski definition) is 3. The van der Waals surface area contributed by atoms with Crippen LogP contribution >= 0.6 is 0 Å². The van der Waals surface area contributed by atoms with Gasteiger partial charge in [0.05, 0.1) is 18.6 Å². The van der Waals surface area contributed by atoms with Gasteiger partial charge < -0.3 is 15.4 Å². The van der Waals surface area contributed by atoms with Crippen molar-refractivity contribution < 1.29 is 9.53 Å². The Hall–Kier alpha value is -0.610. The summed E-state index contributed by atoms with van der Waals surface area (Å²) in [6, 6.07) is 0.254. The van der Waals surface area contributed by atoms with Crippen LogP contribution in [0.25, 0.3) is 0 Å². The zero-order valence-electron chi connectivity index (χ0n) is 8.42. The van der Waals surface area contributed by atoms with Crippen LogP contribution in [0.4, 0.5) is 0 Å². The Morgan fingerprint density at radius 1 is 1.43 bits per heavy atom. The van der Waals surface area contributed by atoms with Crippen molar-refractivity contribution in [1.82, 2.24) is 10.6 Å². The van der Waals surface area contributed by atoms with Crippen molar-refractivity contribution in [2.45, 2.75) is 25.3 Å². The van der Waals surface area contributed by atoms with E-state index in [0.717, 1.165) is 39.0 Å². The second kappa shape index (κ2) is 4.75. The molecule has 0 saturated carbocycles. The number of carbonyl (C=O) groups is 1. The average molecular weight is 198 g/mol. The summed E-state index contributed by atoms with van der Waals surface area (Å²) in [4.78, 5) is 11.7. The van der Waals surface area contributed by atoms with E-state index in [4.69, 9.17) is 4.74 Å². The number of nitrogens with one attached hydrogen (secondary N) is 2. The molecule has 2 heterocycles. The van der Waals surface area contributed by atoms with E-state index in [1.807, 2.05) is 0 Å². The third-order valence-electron chi connectivity index (χ3n) is 2.94. The van der Waals surface area contributed by atoms with Gasteiger partial charge >= 0.3 is 0 Å². The highest BCUT2D eigenvalue weighted by Gasteiger charge is 2.24. The monoisotopic (exact) mass is 198 g/mol. The van der Waals surface area contributed by atoms with E-state index in [1.165, 1.54) is 0 Å². The molecule has 2 rings (SSSR count). The second-order valence-corrected chi connectivity index (χ2v) is 4.11. The summed E-state index contributed by atoms with van der Waals surface area (Å²) in [5.41, 5.74) is 0. The molecular formula is C10H18N2O2. The molecule has 0 aromatic carbocycles. The Morgan fingerprint density at radius 2 is 2.36 bits per heavy atom. The van der Waals surface area contributed by atoms with Crippen molar-refractivity contribution in [3.8, 4) is 0 Å². The Morgan fingerprint density at radius 3 is 3.00 bits per heavy atom.